The van der Waals surface area contributed by atoms with Gasteiger partial charge < -0.3 is 24.5 Å². The Bertz CT molecular complexity index is 939. The highest BCUT2D eigenvalue weighted by atomic mass is 16.5. The molecule has 1 aromatic carbocycles. The van der Waals surface area contributed by atoms with Crippen LogP contribution in [0.4, 0.5) is 5.69 Å². The van der Waals surface area contributed by atoms with Gasteiger partial charge in [0.15, 0.2) is 6.29 Å². The molecule has 1 fully saturated rings. The second kappa shape index (κ2) is 10.1. The fraction of sp³-hybridized carbons (Fsp3) is 0.333. The molecule has 6 heteroatoms. The molecule has 3 rings (SSSR count). The van der Waals surface area contributed by atoms with Crippen molar-refractivity contribution in [3.63, 3.8) is 0 Å². The molecule has 1 saturated heterocycles. The quantitative estimate of drug-likeness (QED) is 0.311. The Kier molecular flexibility index (Phi) is 7.23. The van der Waals surface area contributed by atoms with Crippen LogP contribution in [0.25, 0.3) is 0 Å². The van der Waals surface area contributed by atoms with Crippen LogP contribution in [0.1, 0.15) is 12.0 Å². The summed E-state index contributed by atoms with van der Waals surface area (Å²) >= 11 is 0. The Morgan fingerprint density at radius 1 is 1.37 bits per heavy atom. The maximum Gasteiger partial charge on any atom is 0.236 e. The second-order valence-electron chi connectivity index (χ2n) is 7.25. The molecule has 1 aromatic rings. The van der Waals surface area contributed by atoms with E-state index in [0.717, 1.165) is 28.8 Å². The lowest BCUT2D eigenvalue weighted by Crippen LogP contribution is -2.33. The van der Waals surface area contributed by atoms with Crippen molar-refractivity contribution in [1.82, 2.24) is 4.90 Å². The largest absolute Gasteiger partial charge is 0.384 e. The summed E-state index contributed by atoms with van der Waals surface area (Å²) in [7, 11) is 3.04. The van der Waals surface area contributed by atoms with E-state index in [0.29, 0.717) is 25.0 Å². The fourth-order valence-electron chi connectivity index (χ4n) is 3.82. The number of para-hydroxylation sites is 1. The highest BCUT2D eigenvalue weighted by Gasteiger charge is 2.34. The summed E-state index contributed by atoms with van der Waals surface area (Å²) < 4.78 is 10.5. The first kappa shape index (κ1) is 21.6. The van der Waals surface area contributed by atoms with Gasteiger partial charge in [0.05, 0.1) is 12.5 Å². The number of nitrogens with zero attached hydrogens (tertiary/aromatic N) is 1. The summed E-state index contributed by atoms with van der Waals surface area (Å²) in [5.41, 5.74) is 4.69. The van der Waals surface area contributed by atoms with E-state index in [2.05, 4.69) is 17.4 Å². The molecule has 6 nitrogen and oxygen atoms in total. The number of aldehydes is 1. The number of amides is 1. The molecule has 0 aliphatic carbocycles. The van der Waals surface area contributed by atoms with Gasteiger partial charge in [-0.1, -0.05) is 36.8 Å². The summed E-state index contributed by atoms with van der Waals surface area (Å²) in [6.45, 7) is 0.773. The molecule has 0 radical (unpaired) electrons. The van der Waals surface area contributed by atoms with Crippen molar-refractivity contribution in [2.45, 2.75) is 18.9 Å². The lowest BCUT2D eigenvalue weighted by Gasteiger charge is -2.20. The average molecular weight is 406 g/mol. The number of methoxy groups -OCH3 is 2. The molecular formula is C24H26N2O4. The van der Waals surface area contributed by atoms with E-state index in [-0.39, 0.29) is 12.5 Å². The topological polar surface area (TPSA) is 67.9 Å². The molecule has 0 aromatic heterocycles. The smallest absolute Gasteiger partial charge is 0.236 e. The minimum absolute atomic E-state index is 0.0309. The number of benzene rings is 1. The molecule has 1 unspecified atom stereocenters. The van der Waals surface area contributed by atoms with Gasteiger partial charge in [0, 0.05) is 44.6 Å². The van der Waals surface area contributed by atoms with Crippen LogP contribution < -0.4 is 5.32 Å². The first-order valence-corrected chi connectivity index (χ1v) is 9.79. The molecule has 1 N–H and O–H groups in total. The van der Waals surface area contributed by atoms with E-state index in [4.69, 9.17) is 15.9 Å². The highest BCUT2D eigenvalue weighted by molar-refractivity contribution is 5.85. The van der Waals surface area contributed by atoms with Crippen LogP contribution in [0.15, 0.2) is 59.3 Å². The Balaban J connectivity index is 1.86. The summed E-state index contributed by atoms with van der Waals surface area (Å²) in [4.78, 5) is 26.3. The van der Waals surface area contributed by atoms with Crippen molar-refractivity contribution in [3.8, 4) is 12.5 Å². The van der Waals surface area contributed by atoms with E-state index in [9.17, 15) is 9.59 Å². The van der Waals surface area contributed by atoms with Crippen LogP contribution >= 0.6 is 0 Å². The van der Waals surface area contributed by atoms with Gasteiger partial charge in [-0.15, -0.1) is 0 Å². The first-order chi connectivity index (χ1) is 14.6. The molecule has 0 saturated carbocycles. The molecule has 2 aliphatic rings. The predicted octanol–water partition coefficient (Wildman–Crippen LogP) is 2.69. The number of carbonyl (C=O) groups is 2. The normalized spacial score (nSPS) is 20.7. The third kappa shape index (κ3) is 4.70. The predicted molar refractivity (Wildman–Crippen MR) is 115 cm³/mol. The number of anilines is 1. The summed E-state index contributed by atoms with van der Waals surface area (Å²) in [6.07, 6.45) is 12.6. The molecule has 2 atom stereocenters. The van der Waals surface area contributed by atoms with E-state index < -0.39 is 12.0 Å². The number of allylic oxidation sites excluding steroid dienone is 2. The van der Waals surface area contributed by atoms with Crippen LogP contribution in [0.2, 0.25) is 0 Å². The van der Waals surface area contributed by atoms with Gasteiger partial charge in [-0.25, -0.2) is 0 Å². The average Bonchev–Trinajstić information content (AvgIpc) is 3.10. The van der Waals surface area contributed by atoms with Crippen molar-refractivity contribution in [3.05, 3.63) is 64.9 Å². The van der Waals surface area contributed by atoms with Crippen LogP contribution in [0.3, 0.4) is 0 Å². The Hall–Kier alpha value is -3.14. The lowest BCUT2D eigenvalue weighted by molar-refractivity contribution is -0.132. The standard InChI is InChI=1S/C24H26N2O4/c1-4-25-22-8-6-5-7-18(22)10-9-17-11-21-13-19(23(15-27)30-3)12-20(16-29-2)24(28)26(21)14-17/h1,5-9,12-13,15,20,23,25H,10-11,14,16H2,2-3H3/b17-9+/t20?,23-/m1/s1. The van der Waals surface area contributed by atoms with E-state index in [1.165, 1.54) is 7.11 Å². The van der Waals surface area contributed by atoms with Crippen LogP contribution in [0, 0.1) is 18.4 Å². The van der Waals surface area contributed by atoms with Gasteiger partial charge in [-0.2, -0.15) is 0 Å². The Morgan fingerprint density at radius 2 is 2.17 bits per heavy atom. The fourth-order valence-corrected chi connectivity index (χ4v) is 3.82. The van der Waals surface area contributed by atoms with Gasteiger partial charge >= 0.3 is 0 Å². The first-order valence-electron chi connectivity index (χ1n) is 9.79. The Morgan fingerprint density at radius 3 is 2.87 bits per heavy atom. The SMILES string of the molecule is C#CNc1ccccc1C/C=C1\CC2=CC([C@@H](C=O)OC)=CC(COC)C(=O)N2C1. The van der Waals surface area contributed by atoms with E-state index in [1.807, 2.05) is 30.3 Å². The van der Waals surface area contributed by atoms with Crippen LogP contribution in [0.5, 0.6) is 0 Å². The maximum atomic E-state index is 13.1. The summed E-state index contributed by atoms with van der Waals surface area (Å²) in [5, 5.41) is 2.92. The second-order valence-corrected chi connectivity index (χ2v) is 7.25. The molecule has 0 bridgehead atoms. The zero-order valence-corrected chi connectivity index (χ0v) is 17.3. The van der Waals surface area contributed by atoms with Gasteiger partial charge in [0.1, 0.15) is 6.10 Å². The third-order valence-electron chi connectivity index (χ3n) is 5.31. The maximum absolute atomic E-state index is 13.1. The van der Waals surface area contributed by atoms with Gasteiger partial charge in [-0.05, 0) is 35.3 Å². The number of ether oxygens (including phenoxy) is 2. The van der Waals surface area contributed by atoms with Crippen molar-refractivity contribution >= 4 is 17.9 Å². The monoisotopic (exact) mass is 406 g/mol. The number of hydrogen-bond acceptors (Lipinski definition) is 5. The van der Waals surface area contributed by atoms with E-state index >= 15 is 0 Å². The molecule has 0 spiro atoms. The van der Waals surface area contributed by atoms with Crippen molar-refractivity contribution in [2.24, 2.45) is 5.92 Å². The molecule has 156 valence electrons. The van der Waals surface area contributed by atoms with Gasteiger partial charge in [0.25, 0.3) is 0 Å². The number of carbonyl (C=O) groups excluding carboxylic acids is 2. The van der Waals surface area contributed by atoms with E-state index in [1.54, 1.807) is 18.1 Å². The minimum atomic E-state index is -0.709. The van der Waals surface area contributed by atoms with Gasteiger partial charge in [-0.3, -0.25) is 4.79 Å². The number of hydrogen-bond donors (Lipinski definition) is 1. The van der Waals surface area contributed by atoms with Crippen LogP contribution in [-0.4, -0.2) is 50.6 Å². The summed E-state index contributed by atoms with van der Waals surface area (Å²) in [5.74, 6) is -0.493. The molecule has 2 aliphatic heterocycles. The third-order valence-corrected chi connectivity index (χ3v) is 5.31. The van der Waals surface area contributed by atoms with Crippen molar-refractivity contribution < 1.29 is 19.1 Å². The molecule has 2 heterocycles. The zero-order chi connectivity index (χ0) is 21.5. The Labute approximate surface area is 177 Å². The zero-order valence-electron chi connectivity index (χ0n) is 17.3. The van der Waals surface area contributed by atoms with Crippen molar-refractivity contribution in [1.29, 1.82) is 0 Å². The minimum Gasteiger partial charge on any atom is -0.384 e. The lowest BCUT2D eigenvalue weighted by atomic mass is 10.0. The number of nitrogens with one attached hydrogen (secondary N) is 1. The molecule has 1 amide bonds. The molecule has 30 heavy (non-hydrogen) atoms. The summed E-state index contributed by atoms with van der Waals surface area (Å²) in [6, 6.07) is 10.3. The number of rotatable bonds is 8. The van der Waals surface area contributed by atoms with Crippen molar-refractivity contribution in [2.75, 3.05) is 32.7 Å². The van der Waals surface area contributed by atoms with Gasteiger partial charge in [0.2, 0.25) is 5.91 Å². The molecular weight excluding hydrogens is 380 g/mol. The number of fused-ring (bicyclic) bond motifs is 1. The van der Waals surface area contributed by atoms with Crippen LogP contribution in [-0.2, 0) is 25.5 Å². The highest BCUT2D eigenvalue weighted by Crippen LogP contribution is 2.33. The number of terminal acetylenes is 1.